The van der Waals surface area contributed by atoms with Gasteiger partial charge >= 0.3 is 0 Å². The molecule has 2 aromatic rings. The molecule has 0 bridgehead atoms. The molecular formula is C16H21NO2. The van der Waals surface area contributed by atoms with Crippen molar-refractivity contribution < 1.29 is 9.84 Å². The molecule has 102 valence electrons. The first-order chi connectivity index (χ1) is 9.27. The Hall–Kier alpha value is -1.58. The number of ether oxygens (including phenoxy) is 1. The monoisotopic (exact) mass is 259 g/mol. The summed E-state index contributed by atoms with van der Waals surface area (Å²) in [4.78, 5) is 0. The van der Waals surface area contributed by atoms with Crippen LogP contribution in [0.15, 0.2) is 36.4 Å². The van der Waals surface area contributed by atoms with Gasteiger partial charge in [-0.3, -0.25) is 0 Å². The highest BCUT2D eigenvalue weighted by Crippen LogP contribution is 2.32. The minimum absolute atomic E-state index is 0.540. The van der Waals surface area contributed by atoms with E-state index in [0.29, 0.717) is 6.54 Å². The molecule has 0 radical (unpaired) electrons. The van der Waals surface area contributed by atoms with E-state index in [2.05, 4.69) is 12.2 Å². The van der Waals surface area contributed by atoms with Crippen LogP contribution >= 0.6 is 0 Å². The van der Waals surface area contributed by atoms with Crippen LogP contribution in [0, 0.1) is 0 Å². The molecular weight excluding hydrogens is 238 g/mol. The first-order valence-corrected chi connectivity index (χ1v) is 6.72. The zero-order valence-electron chi connectivity index (χ0n) is 11.5. The number of aliphatic hydroxyl groups excluding tert-OH is 1. The molecule has 1 unspecified atom stereocenters. The Morgan fingerprint density at radius 1 is 1.21 bits per heavy atom. The lowest BCUT2D eigenvalue weighted by Gasteiger charge is -2.18. The second-order valence-electron chi connectivity index (χ2n) is 4.62. The van der Waals surface area contributed by atoms with Crippen LogP contribution < -0.4 is 10.1 Å². The number of aliphatic hydroxyl groups is 1. The van der Waals surface area contributed by atoms with Gasteiger partial charge in [0.05, 0.1) is 13.2 Å². The van der Waals surface area contributed by atoms with Crippen LogP contribution in [0.4, 0.5) is 0 Å². The summed E-state index contributed by atoms with van der Waals surface area (Å²) in [5, 5.41) is 15.8. The highest BCUT2D eigenvalue weighted by atomic mass is 16.5. The second-order valence-corrected chi connectivity index (χ2v) is 4.62. The topological polar surface area (TPSA) is 41.5 Å². The summed E-state index contributed by atoms with van der Waals surface area (Å²) in [5.74, 6) is 0.740. The van der Waals surface area contributed by atoms with Gasteiger partial charge in [-0.25, -0.2) is 0 Å². The minimum atomic E-state index is -0.562. The van der Waals surface area contributed by atoms with E-state index in [0.717, 1.165) is 35.1 Å². The van der Waals surface area contributed by atoms with Gasteiger partial charge in [0.1, 0.15) is 5.75 Å². The third-order valence-corrected chi connectivity index (χ3v) is 3.25. The smallest absolute Gasteiger partial charge is 0.125 e. The van der Waals surface area contributed by atoms with E-state index in [-0.39, 0.29) is 0 Å². The number of fused-ring (bicyclic) bond motifs is 1. The second kappa shape index (κ2) is 6.55. The molecule has 0 aromatic heterocycles. The summed E-state index contributed by atoms with van der Waals surface area (Å²) in [5.41, 5.74) is 0.865. The van der Waals surface area contributed by atoms with Crippen molar-refractivity contribution in [2.24, 2.45) is 0 Å². The molecule has 0 amide bonds. The van der Waals surface area contributed by atoms with Crippen molar-refractivity contribution in [3.05, 3.63) is 42.0 Å². The maximum atomic E-state index is 10.4. The number of methoxy groups -OCH3 is 1. The molecule has 0 heterocycles. The van der Waals surface area contributed by atoms with Gasteiger partial charge < -0.3 is 15.2 Å². The van der Waals surface area contributed by atoms with Crippen LogP contribution in [0.25, 0.3) is 10.8 Å². The zero-order valence-corrected chi connectivity index (χ0v) is 11.5. The van der Waals surface area contributed by atoms with Gasteiger partial charge in [-0.2, -0.15) is 0 Å². The van der Waals surface area contributed by atoms with Crippen molar-refractivity contribution in [1.29, 1.82) is 0 Å². The average molecular weight is 259 g/mol. The lowest BCUT2D eigenvalue weighted by Crippen LogP contribution is -2.22. The molecule has 0 aliphatic rings. The molecule has 19 heavy (non-hydrogen) atoms. The Bertz CT molecular complexity index is 539. The first-order valence-electron chi connectivity index (χ1n) is 6.72. The number of rotatable bonds is 6. The molecule has 0 saturated carbocycles. The van der Waals surface area contributed by atoms with Crippen LogP contribution in [0.3, 0.4) is 0 Å². The minimum Gasteiger partial charge on any atom is -0.496 e. The molecule has 0 aliphatic carbocycles. The standard InChI is InChI=1S/C16H21NO2/c1-3-10-17-11-14(18)16-13-7-5-4-6-12(13)8-9-15(16)19-2/h4-9,14,17-18H,3,10-11H2,1-2H3. The van der Waals surface area contributed by atoms with Crippen molar-refractivity contribution in [3.8, 4) is 5.75 Å². The van der Waals surface area contributed by atoms with Crippen LogP contribution in [0.5, 0.6) is 5.75 Å². The molecule has 3 nitrogen and oxygen atoms in total. The molecule has 2 N–H and O–H groups in total. The maximum absolute atomic E-state index is 10.4. The van der Waals surface area contributed by atoms with E-state index >= 15 is 0 Å². The predicted molar refractivity (Wildman–Crippen MR) is 78.6 cm³/mol. The number of hydrogen-bond donors (Lipinski definition) is 2. The third-order valence-electron chi connectivity index (χ3n) is 3.25. The molecule has 0 spiro atoms. The van der Waals surface area contributed by atoms with Crippen molar-refractivity contribution >= 4 is 10.8 Å². The number of hydrogen-bond acceptors (Lipinski definition) is 3. The Morgan fingerprint density at radius 3 is 2.74 bits per heavy atom. The lowest BCUT2D eigenvalue weighted by molar-refractivity contribution is 0.172. The number of benzene rings is 2. The molecule has 3 heteroatoms. The van der Waals surface area contributed by atoms with Crippen molar-refractivity contribution in [2.45, 2.75) is 19.4 Å². The van der Waals surface area contributed by atoms with Gasteiger partial charge in [0, 0.05) is 12.1 Å². The van der Waals surface area contributed by atoms with Crippen LogP contribution in [0.2, 0.25) is 0 Å². The first kappa shape index (κ1) is 13.8. The van der Waals surface area contributed by atoms with E-state index in [4.69, 9.17) is 4.74 Å². The average Bonchev–Trinajstić information content (AvgIpc) is 2.46. The third kappa shape index (κ3) is 3.06. The molecule has 0 saturated heterocycles. The Kier molecular flexibility index (Phi) is 4.77. The SMILES string of the molecule is CCCNCC(O)c1c(OC)ccc2ccccc12. The quantitative estimate of drug-likeness (QED) is 0.784. The fourth-order valence-electron chi connectivity index (χ4n) is 2.31. The van der Waals surface area contributed by atoms with E-state index in [1.165, 1.54) is 0 Å². The van der Waals surface area contributed by atoms with E-state index in [1.807, 2.05) is 36.4 Å². The fourth-order valence-corrected chi connectivity index (χ4v) is 2.31. The summed E-state index contributed by atoms with van der Waals surface area (Å²) >= 11 is 0. The zero-order chi connectivity index (χ0) is 13.7. The summed E-state index contributed by atoms with van der Waals surface area (Å²) in [6.07, 6.45) is 0.493. The van der Waals surface area contributed by atoms with Crippen LogP contribution in [0.1, 0.15) is 25.0 Å². The van der Waals surface area contributed by atoms with Crippen LogP contribution in [-0.2, 0) is 0 Å². The summed E-state index contributed by atoms with van der Waals surface area (Å²) in [6.45, 7) is 3.56. The van der Waals surface area contributed by atoms with Crippen molar-refractivity contribution in [2.75, 3.05) is 20.2 Å². The van der Waals surface area contributed by atoms with Gasteiger partial charge in [-0.15, -0.1) is 0 Å². The summed E-state index contributed by atoms with van der Waals surface area (Å²) in [6, 6.07) is 12.0. The van der Waals surface area contributed by atoms with Gasteiger partial charge in [0.15, 0.2) is 0 Å². The Labute approximate surface area is 114 Å². The lowest BCUT2D eigenvalue weighted by atomic mass is 9.99. The highest BCUT2D eigenvalue weighted by molar-refractivity contribution is 5.88. The molecule has 1 atom stereocenters. The maximum Gasteiger partial charge on any atom is 0.125 e. The Balaban J connectivity index is 2.37. The fraction of sp³-hybridized carbons (Fsp3) is 0.375. The molecule has 2 rings (SSSR count). The van der Waals surface area contributed by atoms with Gasteiger partial charge in [-0.1, -0.05) is 37.3 Å². The Morgan fingerprint density at radius 2 is 2.00 bits per heavy atom. The predicted octanol–water partition coefficient (Wildman–Crippen LogP) is 2.88. The number of nitrogens with one attached hydrogen (secondary N) is 1. The van der Waals surface area contributed by atoms with E-state index < -0.39 is 6.10 Å². The van der Waals surface area contributed by atoms with Gasteiger partial charge in [-0.05, 0) is 29.8 Å². The molecule has 2 aromatic carbocycles. The van der Waals surface area contributed by atoms with E-state index in [9.17, 15) is 5.11 Å². The molecule has 0 fully saturated rings. The molecule has 0 aliphatic heterocycles. The van der Waals surface area contributed by atoms with E-state index in [1.54, 1.807) is 7.11 Å². The van der Waals surface area contributed by atoms with Gasteiger partial charge in [0.2, 0.25) is 0 Å². The van der Waals surface area contributed by atoms with Gasteiger partial charge in [0.25, 0.3) is 0 Å². The van der Waals surface area contributed by atoms with Crippen molar-refractivity contribution in [1.82, 2.24) is 5.32 Å². The highest BCUT2D eigenvalue weighted by Gasteiger charge is 2.16. The summed E-state index contributed by atoms with van der Waals surface area (Å²) < 4.78 is 5.39. The van der Waals surface area contributed by atoms with Crippen LogP contribution in [-0.4, -0.2) is 25.3 Å². The largest absolute Gasteiger partial charge is 0.496 e. The van der Waals surface area contributed by atoms with Crippen molar-refractivity contribution in [3.63, 3.8) is 0 Å². The normalized spacial score (nSPS) is 12.6. The summed E-state index contributed by atoms with van der Waals surface area (Å²) in [7, 11) is 1.64.